The lowest BCUT2D eigenvalue weighted by Gasteiger charge is -2.36. The van der Waals surface area contributed by atoms with Gasteiger partial charge in [0.25, 0.3) is 0 Å². The number of benzene rings is 11. The minimum absolute atomic E-state index is 0.181. The second kappa shape index (κ2) is 15.3. The fraction of sp³-hybridized carbons (Fsp3) is 0.0571. The highest BCUT2D eigenvalue weighted by molar-refractivity contribution is 6.09. The van der Waals surface area contributed by atoms with Crippen LogP contribution in [0.15, 0.2) is 253 Å². The van der Waals surface area contributed by atoms with E-state index in [2.05, 4.69) is 267 Å². The van der Waals surface area contributed by atoms with E-state index in [1.165, 1.54) is 89.0 Å². The van der Waals surface area contributed by atoms with Crippen molar-refractivity contribution in [1.82, 2.24) is 0 Å². The standard InChI is InChI=1S/C70H47NO/c1-69(2)60-27-13-8-24-53(60)55-38-36-48(41-64(55)69)71(66-30-16-11-20-49(66)46-34-32-45(33-35-46)44-18-4-3-5-19-44)47-37-39-63-57(40-47)51-22-7-6-21-50(51)52-23-9-14-28-61(52)70(63)62-29-15-10-25-54(62)58-42-59-56-26-12-17-31-67(56)72-68(59)43-65(58)70/h3-43H,1-2H3. The monoisotopic (exact) mass is 917 g/mol. The van der Waals surface area contributed by atoms with E-state index >= 15 is 0 Å². The molecule has 0 amide bonds. The predicted molar refractivity (Wildman–Crippen MR) is 299 cm³/mol. The van der Waals surface area contributed by atoms with Crippen LogP contribution in [0.1, 0.15) is 47.2 Å². The zero-order valence-electron chi connectivity index (χ0n) is 40.0. The molecule has 0 saturated heterocycles. The summed E-state index contributed by atoms with van der Waals surface area (Å²) in [6.45, 7) is 4.75. The van der Waals surface area contributed by atoms with Gasteiger partial charge >= 0.3 is 0 Å². The minimum Gasteiger partial charge on any atom is -0.456 e. The van der Waals surface area contributed by atoms with Crippen molar-refractivity contribution in [1.29, 1.82) is 0 Å². The van der Waals surface area contributed by atoms with Crippen LogP contribution in [0.5, 0.6) is 0 Å². The van der Waals surface area contributed by atoms with Gasteiger partial charge in [-0.1, -0.05) is 214 Å². The molecule has 72 heavy (non-hydrogen) atoms. The molecule has 1 atom stereocenters. The number of hydrogen-bond acceptors (Lipinski definition) is 2. The van der Waals surface area contributed by atoms with Crippen LogP contribution in [-0.2, 0) is 10.8 Å². The third-order valence-corrected chi connectivity index (χ3v) is 16.3. The van der Waals surface area contributed by atoms with Gasteiger partial charge in [-0.15, -0.1) is 0 Å². The summed E-state index contributed by atoms with van der Waals surface area (Å²) in [5.41, 5.74) is 26.8. The van der Waals surface area contributed by atoms with Gasteiger partial charge < -0.3 is 9.32 Å². The van der Waals surface area contributed by atoms with E-state index in [4.69, 9.17) is 4.42 Å². The maximum Gasteiger partial charge on any atom is 0.135 e. The van der Waals surface area contributed by atoms with Crippen LogP contribution in [0.4, 0.5) is 17.1 Å². The fourth-order valence-electron chi connectivity index (χ4n) is 13.1. The number of hydrogen-bond donors (Lipinski definition) is 0. The Balaban J connectivity index is 1.01. The molecule has 1 spiro atoms. The van der Waals surface area contributed by atoms with Crippen LogP contribution in [0.3, 0.4) is 0 Å². The molecule has 15 rings (SSSR count). The Kier molecular flexibility index (Phi) is 8.66. The number of rotatable bonds is 5. The summed E-state index contributed by atoms with van der Waals surface area (Å²) >= 11 is 0. The average Bonchev–Trinajstić information content (AvgIpc) is 4.01. The Hall–Kier alpha value is -8.98. The van der Waals surface area contributed by atoms with Gasteiger partial charge in [0, 0.05) is 33.1 Å². The second-order valence-corrected chi connectivity index (χ2v) is 20.3. The van der Waals surface area contributed by atoms with E-state index in [9.17, 15) is 0 Å². The van der Waals surface area contributed by atoms with E-state index in [-0.39, 0.29) is 5.41 Å². The first kappa shape index (κ1) is 40.9. The van der Waals surface area contributed by atoms with Gasteiger partial charge in [0.05, 0.1) is 11.1 Å². The Labute approximate surface area is 419 Å². The smallest absolute Gasteiger partial charge is 0.135 e. The molecule has 1 heterocycles. The summed E-state index contributed by atoms with van der Waals surface area (Å²) < 4.78 is 6.76. The van der Waals surface area contributed by atoms with E-state index in [1.807, 2.05) is 0 Å². The lowest BCUT2D eigenvalue weighted by Crippen LogP contribution is -2.29. The van der Waals surface area contributed by atoms with Gasteiger partial charge in [0.1, 0.15) is 11.2 Å². The summed E-state index contributed by atoms with van der Waals surface area (Å²) in [4.78, 5) is 2.52. The fourth-order valence-corrected chi connectivity index (χ4v) is 13.1. The van der Waals surface area contributed by atoms with Crippen molar-refractivity contribution in [3.63, 3.8) is 0 Å². The molecule has 0 fully saturated rings. The number of anilines is 3. The number of fused-ring (bicyclic) bond motifs is 18. The van der Waals surface area contributed by atoms with Gasteiger partial charge in [-0.3, -0.25) is 0 Å². The molecule has 3 aliphatic carbocycles. The number of nitrogens with zero attached hydrogens (tertiary/aromatic N) is 1. The summed E-state index contributed by atoms with van der Waals surface area (Å²) in [5, 5.41) is 2.28. The molecule has 1 unspecified atom stereocenters. The summed E-state index contributed by atoms with van der Waals surface area (Å²) in [7, 11) is 0. The number of para-hydroxylation sites is 2. The second-order valence-electron chi connectivity index (χ2n) is 20.3. The molecule has 2 heteroatoms. The molecular weight excluding hydrogens is 871 g/mol. The molecular formula is C70H47NO. The normalized spacial score (nSPS) is 15.2. The third kappa shape index (κ3) is 5.66. The van der Waals surface area contributed by atoms with Crippen molar-refractivity contribution < 1.29 is 4.42 Å². The maximum absolute atomic E-state index is 6.76. The van der Waals surface area contributed by atoms with Crippen molar-refractivity contribution in [2.75, 3.05) is 4.90 Å². The average molecular weight is 918 g/mol. The van der Waals surface area contributed by atoms with Crippen molar-refractivity contribution in [3.8, 4) is 66.8 Å². The van der Waals surface area contributed by atoms with Gasteiger partial charge in [-0.2, -0.15) is 0 Å². The highest BCUT2D eigenvalue weighted by atomic mass is 16.3. The van der Waals surface area contributed by atoms with Crippen molar-refractivity contribution in [2.24, 2.45) is 0 Å². The molecule has 2 nitrogen and oxygen atoms in total. The lowest BCUT2D eigenvalue weighted by atomic mass is 9.66. The van der Waals surface area contributed by atoms with Gasteiger partial charge in [0.2, 0.25) is 0 Å². The van der Waals surface area contributed by atoms with Crippen molar-refractivity contribution >= 4 is 39.0 Å². The Morgan fingerprint density at radius 1 is 0.292 bits per heavy atom. The van der Waals surface area contributed by atoms with Crippen LogP contribution >= 0.6 is 0 Å². The van der Waals surface area contributed by atoms with Crippen LogP contribution in [-0.4, -0.2) is 0 Å². The Bertz CT molecular complexity index is 4190. The first-order valence-electron chi connectivity index (χ1n) is 25.2. The molecule has 338 valence electrons. The first-order chi connectivity index (χ1) is 35.5. The van der Waals surface area contributed by atoms with Crippen LogP contribution in [0.2, 0.25) is 0 Å². The largest absolute Gasteiger partial charge is 0.456 e. The molecule has 0 saturated carbocycles. The maximum atomic E-state index is 6.76. The lowest BCUT2D eigenvalue weighted by molar-refractivity contribution is 0.660. The van der Waals surface area contributed by atoms with Gasteiger partial charge in [0.15, 0.2) is 0 Å². The molecule has 0 radical (unpaired) electrons. The van der Waals surface area contributed by atoms with Crippen LogP contribution in [0, 0.1) is 0 Å². The molecule has 0 aliphatic heterocycles. The summed E-state index contributed by atoms with van der Waals surface area (Å²) in [6.07, 6.45) is 0. The van der Waals surface area contributed by atoms with E-state index < -0.39 is 5.41 Å². The number of furan rings is 1. The zero-order chi connectivity index (χ0) is 47.7. The van der Waals surface area contributed by atoms with E-state index in [0.717, 1.165) is 50.1 Å². The summed E-state index contributed by atoms with van der Waals surface area (Å²) in [6, 6.07) is 92.6. The minimum atomic E-state index is -0.671. The predicted octanol–water partition coefficient (Wildman–Crippen LogP) is 18.7. The molecule has 0 N–H and O–H groups in total. The SMILES string of the molecule is CC1(C)c2ccccc2-c2ccc(N(c3ccc4c(c3)-c3ccccc3-c3ccccc3C43c4ccccc4-c4cc5c(cc43)oc3ccccc35)c3ccccc3-c3ccc(-c4ccccc4)cc3)cc21. The topological polar surface area (TPSA) is 16.4 Å². The quantitative estimate of drug-likeness (QED) is 0.171. The third-order valence-electron chi connectivity index (χ3n) is 16.3. The van der Waals surface area contributed by atoms with Crippen LogP contribution in [0.25, 0.3) is 88.7 Å². The van der Waals surface area contributed by atoms with Crippen LogP contribution < -0.4 is 4.90 Å². The Morgan fingerprint density at radius 2 is 0.792 bits per heavy atom. The zero-order valence-corrected chi connectivity index (χ0v) is 40.0. The highest BCUT2D eigenvalue weighted by Crippen LogP contribution is 2.63. The molecule has 11 aromatic carbocycles. The molecule has 12 aromatic rings. The molecule has 0 bridgehead atoms. The molecule has 3 aliphatic rings. The molecule has 1 aromatic heterocycles. The van der Waals surface area contributed by atoms with Crippen molar-refractivity contribution in [2.45, 2.75) is 24.7 Å². The van der Waals surface area contributed by atoms with E-state index in [0.29, 0.717) is 0 Å². The van der Waals surface area contributed by atoms with E-state index in [1.54, 1.807) is 0 Å². The van der Waals surface area contributed by atoms with Gasteiger partial charge in [-0.25, -0.2) is 0 Å². The first-order valence-corrected chi connectivity index (χ1v) is 25.2. The summed E-state index contributed by atoms with van der Waals surface area (Å²) in [5.74, 6) is 0. The highest BCUT2D eigenvalue weighted by Gasteiger charge is 2.50. The van der Waals surface area contributed by atoms with Gasteiger partial charge in [-0.05, 0) is 143 Å². The Morgan fingerprint density at radius 3 is 1.54 bits per heavy atom. The van der Waals surface area contributed by atoms with Crippen molar-refractivity contribution in [3.05, 3.63) is 282 Å².